The van der Waals surface area contributed by atoms with Gasteiger partial charge in [0.1, 0.15) is 11.7 Å². The summed E-state index contributed by atoms with van der Waals surface area (Å²) in [5.74, 6) is -1.60. The average molecular weight is 285 g/mol. The molecule has 1 heterocycles. The molecule has 0 bridgehead atoms. The Morgan fingerprint density at radius 2 is 2.11 bits per heavy atom. The zero-order valence-electron chi connectivity index (χ0n) is 10.9. The van der Waals surface area contributed by atoms with E-state index in [1.807, 2.05) is 4.57 Å². The van der Waals surface area contributed by atoms with Crippen molar-refractivity contribution in [3.63, 3.8) is 0 Å². The second-order valence-corrected chi connectivity index (χ2v) is 5.65. The van der Waals surface area contributed by atoms with Crippen LogP contribution in [0.1, 0.15) is 43.2 Å². The van der Waals surface area contributed by atoms with Crippen molar-refractivity contribution in [3.05, 3.63) is 23.0 Å². The Morgan fingerprint density at radius 1 is 1.47 bits per heavy atom. The van der Waals surface area contributed by atoms with Crippen LogP contribution in [0.15, 0.2) is 12.3 Å². The molecule has 0 saturated heterocycles. The predicted molar refractivity (Wildman–Crippen MR) is 71.4 cm³/mol. The number of aliphatic carboxylic acids is 1. The van der Waals surface area contributed by atoms with Crippen LogP contribution < -0.4 is 5.32 Å². The first-order valence-electron chi connectivity index (χ1n) is 6.31. The Morgan fingerprint density at radius 3 is 2.58 bits per heavy atom. The molecule has 5 nitrogen and oxygen atoms in total. The number of rotatable bonds is 5. The summed E-state index contributed by atoms with van der Waals surface area (Å²) in [6.45, 7) is 3.51. The van der Waals surface area contributed by atoms with Crippen molar-refractivity contribution in [2.24, 2.45) is 5.92 Å². The van der Waals surface area contributed by atoms with Gasteiger partial charge in [0.05, 0.1) is 5.02 Å². The van der Waals surface area contributed by atoms with E-state index in [1.165, 1.54) is 0 Å². The van der Waals surface area contributed by atoms with Crippen molar-refractivity contribution >= 4 is 23.5 Å². The molecule has 1 fully saturated rings. The smallest absolute Gasteiger partial charge is 0.326 e. The number of hydrogen-bond donors (Lipinski definition) is 2. The Hall–Kier alpha value is -1.49. The maximum Gasteiger partial charge on any atom is 0.326 e. The monoisotopic (exact) mass is 284 g/mol. The molecule has 1 atom stereocenters. The van der Waals surface area contributed by atoms with E-state index in [9.17, 15) is 9.59 Å². The van der Waals surface area contributed by atoms with Gasteiger partial charge in [0.15, 0.2) is 0 Å². The lowest BCUT2D eigenvalue weighted by atomic mass is 10.0. The molecule has 1 aromatic heterocycles. The summed E-state index contributed by atoms with van der Waals surface area (Å²) in [5.41, 5.74) is 0.430. The van der Waals surface area contributed by atoms with Crippen LogP contribution >= 0.6 is 11.6 Å². The van der Waals surface area contributed by atoms with Crippen LogP contribution in [0.25, 0.3) is 0 Å². The molecule has 0 aromatic carbocycles. The van der Waals surface area contributed by atoms with Gasteiger partial charge >= 0.3 is 5.97 Å². The topological polar surface area (TPSA) is 71.3 Å². The second-order valence-electron chi connectivity index (χ2n) is 5.22. The quantitative estimate of drug-likeness (QED) is 0.871. The fraction of sp³-hybridized carbons (Fsp3) is 0.538. The summed E-state index contributed by atoms with van der Waals surface area (Å²) in [4.78, 5) is 23.3. The summed E-state index contributed by atoms with van der Waals surface area (Å²) in [6, 6.07) is 0.999. The molecule has 1 aliphatic rings. The molecule has 2 N–H and O–H groups in total. The molecule has 1 aliphatic carbocycles. The molecular formula is C13H17ClN2O3. The highest BCUT2D eigenvalue weighted by atomic mass is 35.5. The fourth-order valence-electron chi connectivity index (χ4n) is 2.01. The molecule has 0 spiro atoms. The van der Waals surface area contributed by atoms with E-state index in [0.29, 0.717) is 16.8 Å². The number of carboxylic acid groups (broad SMARTS) is 1. The highest BCUT2D eigenvalue weighted by Crippen LogP contribution is 2.37. The Bertz CT molecular complexity index is 506. The van der Waals surface area contributed by atoms with Crippen molar-refractivity contribution in [2.75, 3.05) is 0 Å². The minimum absolute atomic E-state index is 0.179. The van der Waals surface area contributed by atoms with Crippen LogP contribution in [0.5, 0.6) is 0 Å². The third-order valence-electron chi connectivity index (χ3n) is 3.21. The third kappa shape index (κ3) is 3.10. The van der Waals surface area contributed by atoms with Gasteiger partial charge in [0.2, 0.25) is 0 Å². The minimum atomic E-state index is -1.03. The highest BCUT2D eigenvalue weighted by molar-refractivity contribution is 6.31. The van der Waals surface area contributed by atoms with Crippen LogP contribution in [0.4, 0.5) is 0 Å². The number of amides is 1. The molecule has 1 unspecified atom stereocenters. The second kappa shape index (κ2) is 5.25. The standard InChI is InChI=1S/C13H17ClN2O3/c1-7(2)11(13(18)19)15-12(17)10-5-8(14)6-16(10)9-3-4-9/h5-7,9,11H,3-4H2,1-2H3,(H,15,17)(H,18,19). The van der Waals surface area contributed by atoms with Crippen molar-refractivity contribution < 1.29 is 14.7 Å². The fourth-order valence-corrected chi connectivity index (χ4v) is 2.22. The van der Waals surface area contributed by atoms with Gasteiger partial charge in [0.25, 0.3) is 5.91 Å². The van der Waals surface area contributed by atoms with E-state index >= 15 is 0 Å². The number of aromatic nitrogens is 1. The minimum Gasteiger partial charge on any atom is -0.480 e. The first kappa shape index (κ1) is 13.9. The maximum absolute atomic E-state index is 12.2. The molecule has 2 rings (SSSR count). The van der Waals surface area contributed by atoms with E-state index in [2.05, 4.69) is 5.32 Å². The van der Waals surface area contributed by atoms with E-state index in [0.717, 1.165) is 12.8 Å². The van der Waals surface area contributed by atoms with E-state index in [-0.39, 0.29) is 11.8 Å². The first-order chi connectivity index (χ1) is 8.90. The molecular weight excluding hydrogens is 268 g/mol. The van der Waals surface area contributed by atoms with Gasteiger partial charge in [-0.05, 0) is 24.8 Å². The SMILES string of the molecule is CC(C)C(NC(=O)c1cc(Cl)cn1C1CC1)C(=O)O. The lowest BCUT2D eigenvalue weighted by molar-refractivity contribution is -0.140. The van der Waals surface area contributed by atoms with Gasteiger partial charge in [-0.2, -0.15) is 0 Å². The number of carbonyl (C=O) groups excluding carboxylic acids is 1. The summed E-state index contributed by atoms with van der Waals surface area (Å²) in [7, 11) is 0. The molecule has 1 amide bonds. The van der Waals surface area contributed by atoms with Crippen molar-refractivity contribution in [1.29, 1.82) is 0 Å². The summed E-state index contributed by atoms with van der Waals surface area (Å²) in [6.07, 6.45) is 3.77. The molecule has 6 heteroatoms. The van der Waals surface area contributed by atoms with Gasteiger partial charge in [0, 0.05) is 12.2 Å². The zero-order valence-corrected chi connectivity index (χ0v) is 11.6. The Kier molecular flexibility index (Phi) is 3.85. The number of carbonyl (C=O) groups is 2. The van der Waals surface area contributed by atoms with E-state index < -0.39 is 12.0 Å². The average Bonchev–Trinajstić information content (AvgIpc) is 3.08. The molecule has 1 aromatic rings. The number of halogens is 1. The van der Waals surface area contributed by atoms with Gasteiger partial charge in [-0.3, -0.25) is 4.79 Å². The van der Waals surface area contributed by atoms with Crippen LogP contribution in [-0.4, -0.2) is 27.6 Å². The van der Waals surface area contributed by atoms with Gasteiger partial charge < -0.3 is 15.0 Å². The van der Waals surface area contributed by atoms with Crippen molar-refractivity contribution in [3.8, 4) is 0 Å². The van der Waals surface area contributed by atoms with Crippen LogP contribution in [0.3, 0.4) is 0 Å². The Labute approximate surface area is 116 Å². The summed E-state index contributed by atoms with van der Waals surface area (Å²) >= 11 is 5.93. The summed E-state index contributed by atoms with van der Waals surface area (Å²) < 4.78 is 1.83. The van der Waals surface area contributed by atoms with Gasteiger partial charge in [-0.1, -0.05) is 25.4 Å². The predicted octanol–water partition coefficient (Wildman–Crippen LogP) is 2.32. The number of carboxylic acids is 1. The van der Waals surface area contributed by atoms with Gasteiger partial charge in [-0.15, -0.1) is 0 Å². The maximum atomic E-state index is 12.2. The lowest BCUT2D eigenvalue weighted by Crippen LogP contribution is -2.44. The molecule has 1 saturated carbocycles. The molecule has 104 valence electrons. The molecule has 0 radical (unpaired) electrons. The number of hydrogen-bond acceptors (Lipinski definition) is 2. The van der Waals surface area contributed by atoms with Gasteiger partial charge in [-0.25, -0.2) is 4.79 Å². The van der Waals surface area contributed by atoms with Crippen LogP contribution in [0.2, 0.25) is 5.02 Å². The van der Waals surface area contributed by atoms with Crippen LogP contribution in [-0.2, 0) is 4.79 Å². The Balaban J connectivity index is 2.17. The first-order valence-corrected chi connectivity index (χ1v) is 6.69. The highest BCUT2D eigenvalue weighted by Gasteiger charge is 2.30. The molecule has 19 heavy (non-hydrogen) atoms. The molecule has 0 aliphatic heterocycles. The van der Waals surface area contributed by atoms with Crippen LogP contribution in [0, 0.1) is 5.92 Å². The lowest BCUT2D eigenvalue weighted by Gasteiger charge is -2.18. The largest absolute Gasteiger partial charge is 0.480 e. The van der Waals surface area contributed by atoms with Crippen molar-refractivity contribution in [2.45, 2.75) is 38.8 Å². The zero-order chi connectivity index (χ0) is 14.2. The van der Waals surface area contributed by atoms with E-state index in [1.54, 1.807) is 26.1 Å². The number of nitrogens with zero attached hydrogens (tertiary/aromatic N) is 1. The van der Waals surface area contributed by atoms with Crippen molar-refractivity contribution in [1.82, 2.24) is 9.88 Å². The van der Waals surface area contributed by atoms with E-state index in [4.69, 9.17) is 16.7 Å². The third-order valence-corrected chi connectivity index (χ3v) is 3.41. The normalized spacial score (nSPS) is 16.4. The number of nitrogens with one attached hydrogen (secondary N) is 1. The summed E-state index contributed by atoms with van der Waals surface area (Å²) in [5, 5.41) is 12.1.